The van der Waals surface area contributed by atoms with Gasteiger partial charge in [-0.05, 0) is 39.8 Å². The molecule has 1 aliphatic carbocycles. The molecule has 5 nitrogen and oxygen atoms in total. The highest BCUT2D eigenvalue weighted by atomic mass is 15.2. The zero-order valence-electron chi connectivity index (χ0n) is 12.5. The zero-order chi connectivity index (χ0) is 13.9. The highest BCUT2D eigenvalue weighted by Crippen LogP contribution is 2.36. The summed E-state index contributed by atoms with van der Waals surface area (Å²) >= 11 is 0. The van der Waals surface area contributed by atoms with Gasteiger partial charge in [0.2, 0.25) is 0 Å². The van der Waals surface area contributed by atoms with Crippen LogP contribution in [0, 0.1) is 0 Å². The Kier molecular flexibility index (Phi) is 4.24. The fourth-order valence-corrected chi connectivity index (χ4v) is 2.73. The number of likely N-dealkylation sites (N-methyl/N-ethyl adjacent to an activating group) is 1. The number of nitrogens with zero attached hydrogens (tertiary/aromatic N) is 3. The van der Waals surface area contributed by atoms with Gasteiger partial charge in [-0.3, -0.25) is 0 Å². The first-order valence-corrected chi connectivity index (χ1v) is 7.06. The minimum Gasteiger partial charge on any atom is -0.373 e. The molecule has 19 heavy (non-hydrogen) atoms. The molecular formula is C14H25N5. The summed E-state index contributed by atoms with van der Waals surface area (Å²) in [7, 11) is 6.24. The minimum atomic E-state index is 0.301. The van der Waals surface area contributed by atoms with E-state index in [9.17, 15) is 0 Å². The lowest BCUT2D eigenvalue weighted by Crippen LogP contribution is -2.54. The molecule has 0 aromatic carbocycles. The van der Waals surface area contributed by atoms with Crippen molar-refractivity contribution in [2.45, 2.75) is 38.1 Å². The zero-order valence-corrected chi connectivity index (χ0v) is 12.5. The van der Waals surface area contributed by atoms with Crippen LogP contribution in [0.25, 0.3) is 0 Å². The second-order valence-corrected chi connectivity index (χ2v) is 5.48. The Balaban J connectivity index is 2.11. The van der Waals surface area contributed by atoms with Gasteiger partial charge in [0, 0.05) is 24.7 Å². The Hall–Kier alpha value is -1.36. The van der Waals surface area contributed by atoms with Crippen LogP contribution in [0.2, 0.25) is 0 Å². The predicted molar refractivity (Wildman–Crippen MR) is 79.7 cm³/mol. The normalized spacial score (nSPS) is 17.1. The lowest BCUT2D eigenvalue weighted by molar-refractivity contribution is 0.0738. The molecule has 1 aromatic heterocycles. The van der Waals surface area contributed by atoms with Crippen LogP contribution in [-0.4, -0.2) is 48.1 Å². The van der Waals surface area contributed by atoms with Crippen molar-refractivity contribution >= 4 is 11.6 Å². The number of aromatic nitrogens is 2. The van der Waals surface area contributed by atoms with Crippen LogP contribution in [0.5, 0.6) is 0 Å². The van der Waals surface area contributed by atoms with Crippen molar-refractivity contribution < 1.29 is 0 Å². The highest BCUT2D eigenvalue weighted by molar-refractivity contribution is 5.57. The van der Waals surface area contributed by atoms with Gasteiger partial charge in [-0.15, -0.1) is 0 Å². The quantitative estimate of drug-likeness (QED) is 0.822. The van der Waals surface area contributed by atoms with Crippen molar-refractivity contribution in [2.75, 3.05) is 38.3 Å². The van der Waals surface area contributed by atoms with Crippen LogP contribution in [0.1, 0.15) is 31.7 Å². The van der Waals surface area contributed by atoms with Gasteiger partial charge in [0.1, 0.15) is 18.0 Å². The monoisotopic (exact) mass is 263 g/mol. The molecule has 106 valence electrons. The van der Waals surface area contributed by atoms with E-state index < -0.39 is 0 Å². The van der Waals surface area contributed by atoms with Crippen LogP contribution in [0.15, 0.2) is 6.33 Å². The summed E-state index contributed by atoms with van der Waals surface area (Å²) in [6.07, 6.45) is 6.40. The molecule has 1 aromatic rings. The van der Waals surface area contributed by atoms with Gasteiger partial charge in [0.05, 0.1) is 0 Å². The SMILES string of the molecule is CCc1c(NC)ncnc1NCC1(N(C)C)CCC1. The molecule has 0 saturated heterocycles. The van der Waals surface area contributed by atoms with Crippen LogP contribution >= 0.6 is 0 Å². The Morgan fingerprint density at radius 1 is 1.26 bits per heavy atom. The molecule has 0 bridgehead atoms. The van der Waals surface area contributed by atoms with Gasteiger partial charge < -0.3 is 15.5 Å². The van der Waals surface area contributed by atoms with Gasteiger partial charge in [0.25, 0.3) is 0 Å². The Labute approximate surface area is 115 Å². The molecule has 0 radical (unpaired) electrons. The third-order valence-corrected chi connectivity index (χ3v) is 4.35. The van der Waals surface area contributed by atoms with Crippen LogP contribution in [-0.2, 0) is 6.42 Å². The summed E-state index contributed by atoms with van der Waals surface area (Å²) in [5, 5.41) is 6.66. The average molecular weight is 263 g/mol. The van der Waals surface area contributed by atoms with E-state index in [0.29, 0.717) is 5.54 Å². The first kappa shape index (κ1) is 14.1. The van der Waals surface area contributed by atoms with Crippen molar-refractivity contribution in [1.29, 1.82) is 0 Å². The maximum Gasteiger partial charge on any atom is 0.134 e. The first-order valence-electron chi connectivity index (χ1n) is 7.06. The smallest absolute Gasteiger partial charge is 0.134 e. The molecule has 1 saturated carbocycles. The number of anilines is 2. The average Bonchev–Trinajstić information content (AvgIpc) is 2.36. The molecule has 1 fully saturated rings. The summed E-state index contributed by atoms with van der Waals surface area (Å²) in [5.74, 6) is 1.89. The molecule has 0 atom stereocenters. The Bertz CT molecular complexity index is 426. The largest absolute Gasteiger partial charge is 0.373 e. The lowest BCUT2D eigenvalue weighted by Gasteiger charge is -2.47. The number of hydrogen-bond donors (Lipinski definition) is 2. The van der Waals surface area contributed by atoms with E-state index in [2.05, 4.69) is 46.5 Å². The summed E-state index contributed by atoms with van der Waals surface area (Å²) in [6, 6.07) is 0. The molecule has 0 unspecified atom stereocenters. The molecule has 2 N–H and O–H groups in total. The molecule has 0 aliphatic heterocycles. The van der Waals surface area contributed by atoms with E-state index in [0.717, 1.165) is 24.6 Å². The fraction of sp³-hybridized carbons (Fsp3) is 0.714. The third kappa shape index (κ3) is 2.66. The Morgan fingerprint density at radius 3 is 2.42 bits per heavy atom. The highest BCUT2D eigenvalue weighted by Gasteiger charge is 2.38. The first-order chi connectivity index (χ1) is 9.13. The molecule has 1 heterocycles. The predicted octanol–water partition coefficient (Wildman–Crippen LogP) is 1.98. The van der Waals surface area contributed by atoms with E-state index in [1.165, 1.54) is 24.8 Å². The molecule has 2 rings (SSSR count). The maximum atomic E-state index is 4.40. The van der Waals surface area contributed by atoms with Crippen molar-refractivity contribution in [3.63, 3.8) is 0 Å². The van der Waals surface area contributed by atoms with Gasteiger partial charge in [-0.2, -0.15) is 0 Å². The summed E-state index contributed by atoms with van der Waals surface area (Å²) < 4.78 is 0. The second kappa shape index (κ2) is 5.74. The standard InChI is InChI=1S/C14H25N5/c1-5-11-12(15-2)17-10-18-13(11)16-9-14(19(3)4)7-6-8-14/h10H,5-9H2,1-4H3,(H2,15,16,17,18). The molecular weight excluding hydrogens is 238 g/mol. The minimum absolute atomic E-state index is 0.301. The van der Waals surface area contributed by atoms with Crippen LogP contribution < -0.4 is 10.6 Å². The second-order valence-electron chi connectivity index (χ2n) is 5.48. The van der Waals surface area contributed by atoms with Crippen molar-refractivity contribution in [2.24, 2.45) is 0 Å². The topological polar surface area (TPSA) is 53.1 Å². The van der Waals surface area contributed by atoms with Crippen molar-refractivity contribution in [1.82, 2.24) is 14.9 Å². The molecule has 0 spiro atoms. The van der Waals surface area contributed by atoms with Gasteiger partial charge in [-0.25, -0.2) is 9.97 Å². The molecule has 1 aliphatic rings. The van der Waals surface area contributed by atoms with Crippen LogP contribution in [0.4, 0.5) is 11.6 Å². The van der Waals surface area contributed by atoms with Gasteiger partial charge >= 0.3 is 0 Å². The van der Waals surface area contributed by atoms with E-state index in [1.54, 1.807) is 6.33 Å². The van der Waals surface area contributed by atoms with E-state index >= 15 is 0 Å². The van der Waals surface area contributed by atoms with E-state index in [1.807, 2.05) is 7.05 Å². The molecule has 5 heteroatoms. The van der Waals surface area contributed by atoms with Gasteiger partial charge in [-0.1, -0.05) is 6.92 Å². The van der Waals surface area contributed by atoms with E-state index in [4.69, 9.17) is 0 Å². The fourth-order valence-electron chi connectivity index (χ4n) is 2.73. The summed E-state index contributed by atoms with van der Waals surface area (Å²) in [5.41, 5.74) is 1.47. The van der Waals surface area contributed by atoms with Crippen molar-refractivity contribution in [3.05, 3.63) is 11.9 Å². The summed E-state index contributed by atoms with van der Waals surface area (Å²) in [6.45, 7) is 3.09. The summed E-state index contributed by atoms with van der Waals surface area (Å²) in [4.78, 5) is 11.0. The number of rotatable bonds is 6. The van der Waals surface area contributed by atoms with Gasteiger partial charge in [0.15, 0.2) is 0 Å². The third-order valence-electron chi connectivity index (χ3n) is 4.35. The van der Waals surface area contributed by atoms with Crippen LogP contribution in [0.3, 0.4) is 0 Å². The lowest BCUT2D eigenvalue weighted by atomic mass is 9.75. The van der Waals surface area contributed by atoms with E-state index in [-0.39, 0.29) is 0 Å². The number of nitrogens with one attached hydrogen (secondary N) is 2. The van der Waals surface area contributed by atoms with Crippen molar-refractivity contribution in [3.8, 4) is 0 Å². The number of hydrogen-bond acceptors (Lipinski definition) is 5. The Morgan fingerprint density at radius 2 is 1.95 bits per heavy atom. The molecule has 0 amide bonds. The maximum absolute atomic E-state index is 4.40.